The molecule has 5 heteroatoms. The Morgan fingerprint density at radius 2 is 2.29 bits per heavy atom. The molecule has 0 bridgehead atoms. The highest BCUT2D eigenvalue weighted by Crippen LogP contribution is 2.15. The highest BCUT2D eigenvalue weighted by molar-refractivity contribution is 9.10. The van der Waals surface area contributed by atoms with Gasteiger partial charge in [0.1, 0.15) is 5.69 Å². The van der Waals surface area contributed by atoms with E-state index < -0.39 is 0 Å². The molecule has 1 atom stereocenters. The van der Waals surface area contributed by atoms with Crippen LogP contribution < -0.4 is 16.2 Å². The Morgan fingerprint density at radius 3 is 3.12 bits per heavy atom. The van der Waals surface area contributed by atoms with E-state index in [0.717, 1.165) is 36.8 Å². The van der Waals surface area contributed by atoms with Gasteiger partial charge in [0.25, 0.3) is 5.56 Å². The van der Waals surface area contributed by atoms with Crippen molar-refractivity contribution < 1.29 is 0 Å². The van der Waals surface area contributed by atoms with Gasteiger partial charge in [0.15, 0.2) is 0 Å². The molecule has 2 heterocycles. The largest absolute Gasteiger partial charge is 0.378 e. The lowest BCUT2D eigenvalue weighted by molar-refractivity contribution is 0.635. The molecule has 2 rings (SSSR count). The van der Waals surface area contributed by atoms with Crippen LogP contribution in [-0.2, 0) is 7.05 Å². The number of aryl methyl sites for hydroxylation is 1. The number of nitrogens with zero attached hydrogens (tertiary/aromatic N) is 1. The summed E-state index contributed by atoms with van der Waals surface area (Å²) in [6.07, 6.45) is 5.12. The third-order valence-electron chi connectivity index (χ3n) is 3.09. The summed E-state index contributed by atoms with van der Waals surface area (Å²) in [6.45, 7) is 2.10. The summed E-state index contributed by atoms with van der Waals surface area (Å²) in [5, 5.41) is 6.74. The minimum Gasteiger partial charge on any atom is -0.378 e. The van der Waals surface area contributed by atoms with Crippen molar-refractivity contribution in [2.75, 3.05) is 18.4 Å². The minimum absolute atomic E-state index is 0.0328. The maximum absolute atomic E-state index is 11.9. The Balaban J connectivity index is 2.14. The van der Waals surface area contributed by atoms with E-state index in [0.29, 0.717) is 11.7 Å². The first-order chi connectivity index (χ1) is 8.16. The van der Waals surface area contributed by atoms with Crippen molar-refractivity contribution in [1.29, 1.82) is 0 Å². The van der Waals surface area contributed by atoms with Gasteiger partial charge in [-0.25, -0.2) is 0 Å². The Labute approximate surface area is 110 Å². The number of hydrogen-bond acceptors (Lipinski definition) is 3. The average Bonchev–Trinajstić information content (AvgIpc) is 2.54. The quantitative estimate of drug-likeness (QED) is 0.874. The van der Waals surface area contributed by atoms with Gasteiger partial charge in [-0.15, -0.1) is 0 Å². The summed E-state index contributed by atoms with van der Waals surface area (Å²) in [6, 6.07) is 2.26. The van der Waals surface area contributed by atoms with E-state index in [1.807, 2.05) is 6.07 Å². The maximum Gasteiger partial charge on any atom is 0.273 e. The van der Waals surface area contributed by atoms with Crippen molar-refractivity contribution in [1.82, 2.24) is 9.88 Å². The van der Waals surface area contributed by atoms with E-state index in [1.54, 1.807) is 17.8 Å². The molecular formula is C12H18BrN3O. The fourth-order valence-corrected chi connectivity index (χ4v) is 2.69. The first-order valence-corrected chi connectivity index (χ1v) is 6.79. The minimum atomic E-state index is 0.0328. The van der Waals surface area contributed by atoms with Gasteiger partial charge in [0, 0.05) is 23.8 Å². The standard InChI is InChI=1S/C12H18BrN3O/c1-16-8-9(13)7-11(12(16)17)15-10-3-2-5-14-6-4-10/h7-8,10,14-15H,2-6H2,1H3. The molecule has 1 aromatic heterocycles. The topological polar surface area (TPSA) is 46.1 Å². The van der Waals surface area contributed by atoms with Crippen LogP contribution in [0.25, 0.3) is 0 Å². The lowest BCUT2D eigenvalue weighted by atomic mass is 10.1. The SMILES string of the molecule is Cn1cc(Br)cc(NC2CCCNCC2)c1=O. The smallest absolute Gasteiger partial charge is 0.273 e. The summed E-state index contributed by atoms with van der Waals surface area (Å²) in [7, 11) is 1.77. The molecule has 1 aliphatic rings. The van der Waals surface area contributed by atoms with E-state index in [9.17, 15) is 4.79 Å². The summed E-state index contributed by atoms with van der Waals surface area (Å²) in [5.41, 5.74) is 0.721. The number of anilines is 1. The van der Waals surface area contributed by atoms with Crippen LogP contribution in [0.4, 0.5) is 5.69 Å². The first-order valence-electron chi connectivity index (χ1n) is 6.00. The molecule has 0 aliphatic carbocycles. The van der Waals surface area contributed by atoms with Crippen molar-refractivity contribution in [3.05, 3.63) is 27.1 Å². The average molecular weight is 300 g/mol. The van der Waals surface area contributed by atoms with Crippen LogP contribution in [0.5, 0.6) is 0 Å². The van der Waals surface area contributed by atoms with Crippen molar-refractivity contribution in [2.45, 2.75) is 25.3 Å². The van der Waals surface area contributed by atoms with Crippen molar-refractivity contribution in [2.24, 2.45) is 7.05 Å². The molecule has 0 saturated carbocycles. The zero-order valence-corrected chi connectivity index (χ0v) is 11.6. The van der Waals surface area contributed by atoms with E-state index >= 15 is 0 Å². The normalized spacial score (nSPS) is 20.9. The second-order valence-electron chi connectivity index (χ2n) is 4.51. The summed E-state index contributed by atoms with van der Waals surface area (Å²) >= 11 is 3.42. The molecule has 94 valence electrons. The predicted octanol–water partition coefficient (Wildman–Crippen LogP) is 1.70. The van der Waals surface area contributed by atoms with Gasteiger partial charge in [-0.3, -0.25) is 4.79 Å². The van der Waals surface area contributed by atoms with Gasteiger partial charge in [-0.05, 0) is 54.3 Å². The highest BCUT2D eigenvalue weighted by atomic mass is 79.9. The molecule has 1 aliphatic heterocycles. The number of pyridine rings is 1. The number of halogens is 1. The second kappa shape index (κ2) is 5.69. The molecule has 2 N–H and O–H groups in total. The van der Waals surface area contributed by atoms with Crippen LogP contribution in [-0.4, -0.2) is 23.7 Å². The van der Waals surface area contributed by atoms with E-state index in [4.69, 9.17) is 0 Å². The molecule has 1 aromatic rings. The fourth-order valence-electron chi connectivity index (χ4n) is 2.16. The molecule has 1 saturated heterocycles. The summed E-state index contributed by atoms with van der Waals surface area (Å²) in [5.74, 6) is 0. The summed E-state index contributed by atoms with van der Waals surface area (Å²) < 4.78 is 2.52. The van der Waals surface area contributed by atoms with Gasteiger partial charge >= 0.3 is 0 Å². The maximum atomic E-state index is 11.9. The monoisotopic (exact) mass is 299 g/mol. The van der Waals surface area contributed by atoms with Crippen LogP contribution in [0.15, 0.2) is 21.5 Å². The Kier molecular flexibility index (Phi) is 4.23. The third kappa shape index (κ3) is 3.33. The number of rotatable bonds is 2. The molecular weight excluding hydrogens is 282 g/mol. The second-order valence-corrected chi connectivity index (χ2v) is 5.43. The molecule has 0 spiro atoms. The van der Waals surface area contributed by atoms with Crippen molar-refractivity contribution in [3.8, 4) is 0 Å². The van der Waals surface area contributed by atoms with Gasteiger partial charge < -0.3 is 15.2 Å². The van der Waals surface area contributed by atoms with E-state index in [-0.39, 0.29) is 5.56 Å². The van der Waals surface area contributed by atoms with Crippen LogP contribution in [0, 0.1) is 0 Å². The van der Waals surface area contributed by atoms with Gasteiger partial charge in [0.05, 0.1) is 0 Å². The lowest BCUT2D eigenvalue weighted by Gasteiger charge is -2.17. The summed E-state index contributed by atoms with van der Waals surface area (Å²) in [4.78, 5) is 11.9. The molecule has 0 radical (unpaired) electrons. The van der Waals surface area contributed by atoms with Crippen LogP contribution in [0.2, 0.25) is 0 Å². The van der Waals surface area contributed by atoms with Gasteiger partial charge in [-0.2, -0.15) is 0 Å². The first kappa shape index (κ1) is 12.6. The molecule has 4 nitrogen and oxygen atoms in total. The molecule has 17 heavy (non-hydrogen) atoms. The van der Waals surface area contributed by atoms with Crippen LogP contribution >= 0.6 is 15.9 Å². The van der Waals surface area contributed by atoms with E-state index in [1.165, 1.54) is 0 Å². The molecule has 1 unspecified atom stereocenters. The zero-order valence-electron chi connectivity index (χ0n) is 10.0. The molecule has 0 aromatic carbocycles. The van der Waals surface area contributed by atoms with Gasteiger partial charge in [-0.1, -0.05) is 0 Å². The van der Waals surface area contributed by atoms with Crippen molar-refractivity contribution >= 4 is 21.6 Å². The zero-order chi connectivity index (χ0) is 12.3. The molecule has 1 fully saturated rings. The Bertz CT molecular complexity index is 436. The van der Waals surface area contributed by atoms with E-state index in [2.05, 4.69) is 26.6 Å². The van der Waals surface area contributed by atoms with Gasteiger partial charge in [0.2, 0.25) is 0 Å². The predicted molar refractivity (Wildman–Crippen MR) is 73.5 cm³/mol. The van der Waals surface area contributed by atoms with Crippen molar-refractivity contribution in [3.63, 3.8) is 0 Å². The Morgan fingerprint density at radius 1 is 1.47 bits per heavy atom. The number of nitrogens with one attached hydrogen (secondary N) is 2. The Hall–Kier alpha value is -0.810. The van der Waals surface area contributed by atoms with Crippen LogP contribution in [0.3, 0.4) is 0 Å². The fraction of sp³-hybridized carbons (Fsp3) is 0.583. The number of aromatic nitrogens is 1. The van der Waals surface area contributed by atoms with Crippen LogP contribution in [0.1, 0.15) is 19.3 Å². The highest BCUT2D eigenvalue weighted by Gasteiger charge is 2.13. The number of hydrogen-bond donors (Lipinski definition) is 2. The third-order valence-corrected chi connectivity index (χ3v) is 3.52. The lowest BCUT2D eigenvalue weighted by Crippen LogP contribution is -2.27. The molecule has 0 amide bonds.